The molecule has 0 N–H and O–H groups in total. The quantitative estimate of drug-likeness (QED) is 0.513. The highest BCUT2D eigenvalue weighted by molar-refractivity contribution is 5.68. The standard InChI is InChI=1S/C29H38N4O4/c1-35-29(34)32-16-7-10-25(28-23(18-30)19-33(31-28)27-11-5-6-17-36-27)26(32)20-37-24-14-12-22(13-15-24)21-8-3-2-4-9-21/h2-4,8-9,19,22,24-27H,5-7,10-17,20H2,1H3/t22-,24+,25-,26-,27?/m0/s1. The van der Waals surface area contributed by atoms with Crippen molar-refractivity contribution in [2.24, 2.45) is 0 Å². The number of rotatable bonds is 6. The highest BCUT2D eigenvalue weighted by atomic mass is 16.5. The van der Waals surface area contributed by atoms with Gasteiger partial charge in [-0.05, 0) is 69.3 Å². The summed E-state index contributed by atoms with van der Waals surface area (Å²) in [6.07, 6.45) is 10.4. The lowest BCUT2D eigenvalue weighted by atomic mass is 9.82. The summed E-state index contributed by atoms with van der Waals surface area (Å²) in [6, 6.07) is 12.8. The molecule has 1 amide bonds. The van der Waals surface area contributed by atoms with Crippen LogP contribution in [0.4, 0.5) is 4.79 Å². The van der Waals surface area contributed by atoms with E-state index in [1.807, 2.05) is 10.9 Å². The minimum Gasteiger partial charge on any atom is -0.453 e. The lowest BCUT2D eigenvalue weighted by Gasteiger charge is -2.40. The molecule has 3 atom stereocenters. The third-order valence-electron chi connectivity index (χ3n) is 8.32. The van der Waals surface area contributed by atoms with Gasteiger partial charge in [0.25, 0.3) is 0 Å². The van der Waals surface area contributed by atoms with E-state index in [9.17, 15) is 10.1 Å². The van der Waals surface area contributed by atoms with E-state index < -0.39 is 0 Å². The molecule has 1 unspecified atom stereocenters. The van der Waals surface area contributed by atoms with E-state index in [0.29, 0.717) is 31.2 Å². The number of nitrogens with zero attached hydrogens (tertiary/aromatic N) is 4. The number of nitriles is 1. The fourth-order valence-electron chi connectivity index (χ4n) is 6.29. The molecule has 2 aromatic rings. The first-order valence-electron chi connectivity index (χ1n) is 13.8. The van der Waals surface area contributed by atoms with Crippen molar-refractivity contribution in [1.29, 1.82) is 5.26 Å². The maximum Gasteiger partial charge on any atom is 0.409 e. The predicted octanol–water partition coefficient (Wildman–Crippen LogP) is 5.51. The minimum atomic E-state index is -0.348. The molecule has 0 radical (unpaired) electrons. The molecular weight excluding hydrogens is 468 g/mol. The molecule has 0 spiro atoms. The zero-order valence-electron chi connectivity index (χ0n) is 21.8. The number of hydrogen-bond acceptors (Lipinski definition) is 6. The monoisotopic (exact) mass is 506 g/mol. The highest BCUT2D eigenvalue weighted by Crippen LogP contribution is 2.37. The molecule has 5 rings (SSSR count). The number of ether oxygens (including phenoxy) is 3. The summed E-state index contributed by atoms with van der Waals surface area (Å²) in [4.78, 5) is 14.5. The van der Waals surface area contributed by atoms with Gasteiger partial charge in [0.05, 0.1) is 37.1 Å². The molecular formula is C29H38N4O4. The Labute approximate surface area is 219 Å². The number of hydrogen-bond donors (Lipinski definition) is 0. The summed E-state index contributed by atoms with van der Waals surface area (Å²) in [7, 11) is 1.42. The molecule has 0 bridgehead atoms. The Bertz CT molecular complexity index is 1070. The normalized spacial score (nSPS) is 28.4. The van der Waals surface area contributed by atoms with Gasteiger partial charge in [-0.3, -0.25) is 0 Å². The fraction of sp³-hybridized carbons (Fsp3) is 0.621. The van der Waals surface area contributed by atoms with E-state index in [0.717, 1.165) is 63.5 Å². The summed E-state index contributed by atoms with van der Waals surface area (Å²) in [5.74, 6) is 0.493. The third kappa shape index (κ3) is 5.83. The van der Waals surface area contributed by atoms with Gasteiger partial charge in [-0.2, -0.15) is 10.4 Å². The van der Waals surface area contributed by atoms with Crippen molar-refractivity contribution >= 4 is 6.09 Å². The van der Waals surface area contributed by atoms with Crippen molar-refractivity contribution in [2.75, 3.05) is 26.9 Å². The number of piperidine rings is 1. The number of benzene rings is 1. The molecule has 1 aromatic carbocycles. The average Bonchev–Trinajstić information content (AvgIpc) is 3.41. The van der Waals surface area contributed by atoms with Crippen LogP contribution in [0.1, 0.15) is 92.7 Å². The minimum absolute atomic E-state index is 0.0898. The molecule has 3 fully saturated rings. The number of likely N-dealkylation sites (tertiary alicyclic amines) is 1. The molecule has 8 nitrogen and oxygen atoms in total. The van der Waals surface area contributed by atoms with E-state index >= 15 is 0 Å². The molecule has 1 aromatic heterocycles. The van der Waals surface area contributed by atoms with Crippen LogP contribution in [0.25, 0.3) is 0 Å². The van der Waals surface area contributed by atoms with E-state index in [1.54, 1.807) is 4.90 Å². The molecule has 8 heteroatoms. The summed E-state index contributed by atoms with van der Waals surface area (Å²) in [5, 5.41) is 14.8. The zero-order valence-corrected chi connectivity index (χ0v) is 21.8. The Morgan fingerprint density at radius 1 is 1.11 bits per heavy atom. The molecule has 1 saturated carbocycles. The first-order valence-corrected chi connectivity index (χ1v) is 13.8. The van der Waals surface area contributed by atoms with Crippen LogP contribution in [0.2, 0.25) is 0 Å². The van der Waals surface area contributed by atoms with Gasteiger partial charge >= 0.3 is 6.09 Å². The Balaban J connectivity index is 1.30. The first-order chi connectivity index (χ1) is 18.2. The number of amides is 1. The summed E-state index contributed by atoms with van der Waals surface area (Å²) >= 11 is 0. The summed E-state index contributed by atoms with van der Waals surface area (Å²) in [5.41, 5.74) is 2.71. The molecule has 2 aliphatic heterocycles. The van der Waals surface area contributed by atoms with E-state index in [4.69, 9.17) is 19.3 Å². The van der Waals surface area contributed by atoms with Crippen LogP contribution in [-0.2, 0) is 14.2 Å². The van der Waals surface area contributed by atoms with Crippen LogP contribution in [0.5, 0.6) is 0 Å². The largest absolute Gasteiger partial charge is 0.453 e. The van der Waals surface area contributed by atoms with Crippen molar-refractivity contribution in [1.82, 2.24) is 14.7 Å². The summed E-state index contributed by atoms with van der Waals surface area (Å²) < 4.78 is 19.4. The number of carbonyl (C=O) groups is 1. The number of methoxy groups -OCH3 is 1. The smallest absolute Gasteiger partial charge is 0.409 e. The van der Waals surface area contributed by atoms with E-state index in [1.165, 1.54) is 12.7 Å². The predicted molar refractivity (Wildman–Crippen MR) is 138 cm³/mol. The number of carbonyl (C=O) groups excluding carboxylic acids is 1. The van der Waals surface area contributed by atoms with E-state index in [2.05, 4.69) is 36.4 Å². The van der Waals surface area contributed by atoms with Gasteiger partial charge in [-0.25, -0.2) is 9.48 Å². The highest BCUT2D eigenvalue weighted by Gasteiger charge is 2.39. The second kappa shape index (κ2) is 12.1. The molecule has 3 aliphatic rings. The van der Waals surface area contributed by atoms with Crippen LogP contribution in [0.15, 0.2) is 36.5 Å². The van der Waals surface area contributed by atoms with Crippen LogP contribution in [0, 0.1) is 11.3 Å². The second-order valence-corrected chi connectivity index (χ2v) is 10.5. The average molecular weight is 507 g/mol. The molecule has 37 heavy (non-hydrogen) atoms. The lowest BCUT2D eigenvalue weighted by molar-refractivity contribution is -0.0405. The van der Waals surface area contributed by atoms with Crippen LogP contribution >= 0.6 is 0 Å². The van der Waals surface area contributed by atoms with Crippen molar-refractivity contribution in [2.45, 2.75) is 88.0 Å². The number of aromatic nitrogens is 2. The molecule has 1 aliphatic carbocycles. The maximum atomic E-state index is 12.7. The van der Waals surface area contributed by atoms with Crippen LogP contribution in [-0.4, -0.2) is 59.8 Å². The molecule has 198 valence electrons. The Kier molecular flexibility index (Phi) is 8.42. The van der Waals surface area contributed by atoms with Gasteiger partial charge in [0, 0.05) is 25.3 Å². The second-order valence-electron chi connectivity index (χ2n) is 10.5. The SMILES string of the molecule is COC(=O)N1CCC[C@H](c2nn(C3CCCCO3)cc2C#N)[C@@H]1CO[C@H]1CC[C@@H](c2ccccc2)CC1. The van der Waals surface area contributed by atoms with Gasteiger partial charge in [-0.1, -0.05) is 30.3 Å². The summed E-state index contributed by atoms with van der Waals surface area (Å²) in [6.45, 7) is 1.74. The zero-order chi connectivity index (χ0) is 25.6. The maximum absolute atomic E-state index is 12.7. The van der Waals surface area contributed by atoms with Crippen molar-refractivity contribution < 1.29 is 19.0 Å². The Hall–Kier alpha value is -2.89. The Morgan fingerprint density at radius 3 is 2.62 bits per heavy atom. The Morgan fingerprint density at radius 2 is 1.92 bits per heavy atom. The van der Waals surface area contributed by atoms with Crippen LogP contribution < -0.4 is 0 Å². The van der Waals surface area contributed by atoms with Crippen molar-refractivity contribution in [3.05, 3.63) is 53.3 Å². The van der Waals surface area contributed by atoms with Gasteiger partial charge < -0.3 is 19.1 Å². The van der Waals surface area contributed by atoms with Gasteiger partial charge in [-0.15, -0.1) is 0 Å². The first kappa shape index (κ1) is 25.7. The molecule has 3 heterocycles. The van der Waals surface area contributed by atoms with Crippen LogP contribution in [0.3, 0.4) is 0 Å². The third-order valence-corrected chi connectivity index (χ3v) is 8.32. The van der Waals surface area contributed by atoms with Gasteiger partial charge in [0.2, 0.25) is 0 Å². The van der Waals surface area contributed by atoms with Gasteiger partial charge in [0.1, 0.15) is 12.3 Å². The van der Waals surface area contributed by atoms with Gasteiger partial charge in [0.15, 0.2) is 0 Å². The van der Waals surface area contributed by atoms with Crippen molar-refractivity contribution in [3.8, 4) is 6.07 Å². The lowest BCUT2D eigenvalue weighted by Crippen LogP contribution is -2.50. The van der Waals surface area contributed by atoms with E-state index in [-0.39, 0.29) is 30.4 Å². The molecule has 2 saturated heterocycles. The van der Waals surface area contributed by atoms with Crippen molar-refractivity contribution in [3.63, 3.8) is 0 Å². The topological polar surface area (TPSA) is 89.6 Å². The fourth-order valence-corrected chi connectivity index (χ4v) is 6.29.